The molecule has 0 bridgehead atoms. The number of nitrogens with zero attached hydrogens (tertiary/aromatic N) is 2. The number of hydrogen-bond acceptors (Lipinski definition) is 7. The van der Waals surface area contributed by atoms with Crippen LogP contribution in [0.2, 0.25) is 0 Å². The molecule has 0 radical (unpaired) electrons. The molecule has 0 saturated carbocycles. The molecular weight excluding hydrogens is 388 g/mol. The number of fused-ring (bicyclic) bond motifs is 1. The van der Waals surface area contributed by atoms with Crippen molar-refractivity contribution in [3.8, 4) is 5.75 Å². The number of aromatic nitrogens is 2. The van der Waals surface area contributed by atoms with E-state index in [9.17, 15) is 4.79 Å². The van der Waals surface area contributed by atoms with E-state index in [1.165, 1.54) is 17.8 Å². The molecule has 2 aromatic carbocycles. The lowest BCUT2D eigenvalue weighted by Crippen LogP contribution is -2.00. The lowest BCUT2D eigenvalue weighted by atomic mass is 10.0. The third kappa shape index (κ3) is 4.51. The summed E-state index contributed by atoms with van der Waals surface area (Å²) in [6.45, 7) is 6.24. The lowest BCUT2D eigenvalue weighted by Gasteiger charge is -2.07. The van der Waals surface area contributed by atoms with Gasteiger partial charge in [-0.15, -0.1) is 10.2 Å². The van der Waals surface area contributed by atoms with Crippen molar-refractivity contribution in [1.29, 1.82) is 0 Å². The fraction of sp³-hybridized carbons (Fsp3) is 0.227. The third-order valence-corrected chi connectivity index (χ3v) is 5.46. The summed E-state index contributed by atoms with van der Waals surface area (Å²) in [5.41, 5.74) is 4.45. The molecule has 0 fully saturated rings. The number of benzene rings is 2. The Kier molecular flexibility index (Phi) is 5.40. The van der Waals surface area contributed by atoms with E-state index >= 15 is 0 Å². The molecule has 0 aliphatic rings. The van der Waals surface area contributed by atoms with Gasteiger partial charge in [-0.2, -0.15) is 0 Å². The highest BCUT2D eigenvalue weighted by Gasteiger charge is 2.12. The van der Waals surface area contributed by atoms with Crippen LogP contribution in [0.1, 0.15) is 28.1 Å². The van der Waals surface area contributed by atoms with Crippen molar-refractivity contribution < 1.29 is 13.6 Å². The van der Waals surface area contributed by atoms with Gasteiger partial charge in [0, 0.05) is 17.2 Å². The minimum absolute atomic E-state index is 0.202. The van der Waals surface area contributed by atoms with Gasteiger partial charge in [-0.05, 0) is 67.3 Å². The molecule has 0 aliphatic carbocycles. The zero-order valence-electron chi connectivity index (χ0n) is 16.4. The second-order valence-electron chi connectivity index (χ2n) is 6.88. The average Bonchev–Trinajstić information content (AvgIpc) is 3.14. The standard InChI is InChI=1S/C22H20N2O4S/c1-13-5-4-6-17(7-13)26-11-20-23-24-22(28-20)29-12-16-10-21(25)27-19-9-15(3)14(2)8-18(16)19/h4-10H,11-12H2,1-3H3. The van der Waals surface area contributed by atoms with Crippen LogP contribution in [0, 0.1) is 20.8 Å². The Labute approximate surface area is 171 Å². The molecule has 2 aromatic heterocycles. The van der Waals surface area contributed by atoms with Crippen LogP contribution in [0.25, 0.3) is 11.0 Å². The second-order valence-corrected chi connectivity index (χ2v) is 7.81. The van der Waals surface area contributed by atoms with Gasteiger partial charge < -0.3 is 13.6 Å². The first kappa shape index (κ1) is 19.3. The van der Waals surface area contributed by atoms with Crippen LogP contribution < -0.4 is 10.4 Å². The van der Waals surface area contributed by atoms with Crippen LogP contribution in [0.4, 0.5) is 0 Å². The fourth-order valence-electron chi connectivity index (χ4n) is 2.95. The maximum atomic E-state index is 11.9. The summed E-state index contributed by atoms with van der Waals surface area (Å²) in [7, 11) is 0. The van der Waals surface area contributed by atoms with Gasteiger partial charge in [0.25, 0.3) is 11.1 Å². The molecule has 4 rings (SSSR count). The molecule has 0 aliphatic heterocycles. The predicted octanol–water partition coefficient (Wildman–Crippen LogP) is 4.97. The van der Waals surface area contributed by atoms with Gasteiger partial charge in [0.15, 0.2) is 6.61 Å². The van der Waals surface area contributed by atoms with Gasteiger partial charge >= 0.3 is 5.63 Å². The summed E-state index contributed by atoms with van der Waals surface area (Å²) < 4.78 is 16.7. The molecule has 0 N–H and O–H groups in total. The van der Waals surface area contributed by atoms with Gasteiger partial charge in [-0.25, -0.2) is 4.79 Å². The van der Waals surface area contributed by atoms with Gasteiger partial charge in [0.1, 0.15) is 11.3 Å². The van der Waals surface area contributed by atoms with Crippen LogP contribution in [0.3, 0.4) is 0 Å². The number of ether oxygens (including phenoxy) is 1. The van der Waals surface area contributed by atoms with E-state index in [4.69, 9.17) is 13.6 Å². The Balaban J connectivity index is 1.46. The van der Waals surface area contributed by atoms with E-state index < -0.39 is 0 Å². The van der Waals surface area contributed by atoms with Gasteiger partial charge in [0.05, 0.1) is 0 Å². The maximum absolute atomic E-state index is 11.9. The van der Waals surface area contributed by atoms with E-state index in [0.717, 1.165) is 33.4 Å². The normalized spacial score (nSPS) is 11.1. The van der Waals surface area contributed by atoms with Crippen molar-refractivity contribution in [2.24, 2.45) is 0 Å². The molecule has 0 atom stereocenters. The zero-order chi connectivity index (χ0) is 20.4. The molecule has 29 heavy (non-hydrogen) atoms. The van der Waals surface area contributed by atoms with Crippen molar-refractivity contribution in [3.63, 3.8) is 0 Å². The van der Waals surface area contributed by atoms with Crippen LogP contribution in [0.5, 0.6) is 5.75 Å². The van der Waals surface area contributed by atoms with Crippen LogP contribution in [0.15, 0.2) is 61.3 Å². The van der Waals surface area contributed by atoms with Gasteiger partial charge in [-0.3, -0.25) is 0 Å². The van der Waals surface area contributed by atoms with Crippen molar-refractivity contribution >= 4 is 22.7 Å². The fourth-order valence-corrected chi connectivity index (χ4v) is 3.72. The summed E-state index contributed by atoms with van der Waals surface area (Å²) in [4.78, 5) is 11.9. The van der Waals surface area contributed by atoms with Crippen molar-refractivity contribution in [1.82, 2.24) is 10.2 Å². The molecule has 4 aromatic rings. The highest BCUT2D eigenvalue weighted by molar-refractivity contribution is 7.98. The van der Waals surface area contributed by atoms with E-state index in [-0.39, 0.29) is 12.2 Å². The van der Waals surface area contributed by atoms with E-state index in [2.05, 4.69) is 10.2 Å². The molecule has 148 valence electrons. The summed E-state index contributed by atoms with van der Waals surface area (Å²) >= 11 is 1.38. The molecule has 7 heteroatoms. The Morgan fingerprint density at radius 2 is 1.83 bits per heavy atom. The predicted molar refractivity (Wildman–Crippen MR) is 111 cm³/mol. The number of hydrogen-bond donors (Lipinski definition) is 0. The van der Waals surface area contributed by atoms with Crippen molar-refractivity contribution in [3.05, 3.63) is 81.0 Å². The van der Waals surface area contributed by atoms with E-state index in [1.807, 2.05) is 57.2 Å². The molecule has 0 unspecified atom stereocenters. The summed E-state index contributed by atoms with van der Waals surface area (Å²) in [5.74, 6) is 1.67. The minimum atomic E-state index is -0.367. The summed E-state index contributed by atoms with van der Waals surface area (Å²) in [6, 6.07) is 13.2. The lowest BCUT2D eigenvalue weighted by molar-refractivity contribution is 0.252. The van der Waals surface area contributed by atoms with Crippen molar-refractivity contribution in [2.45, 2.75) is 38.4 Å². The topological polar surface area (TPSA) is 78.4 Å². The number of rotatable bonds is 6. The molecular formula is C22H20N2O4S. The molecule has 0 spiro atoms. The number of thioether (sulfide) groups is 1. The van der Waals surface area contributed by atoms with Gasteiger partial charge in [-0.1, -0.05) is 23.9 Å². The maximum Gasteiger partial charge on any atom is 0.336 e. The quantitative estimate of drug-likeness (QED) is 0.329. The van der Waals surface area contributed by atoms with E-state index in [1.54, 1.807) is 0 Å². The monoisotopic (exact) mass is 408 g/mol. The highest BCUT2D eigenvalue weighted by atomic mass is 32.2. The Bertz CT molecular complexity index is 1230. The van der Waals surface area contributed by atoms with Crippen LogP contribution in [-0.2, 0) is 12.4 Å². The first-order valence-corrected chi connectivity index (χ1v) is 10.1. The van der Waals surface area contributed by atoms with Crippen LogP contribution >= 0.6 is 11.8 Å². The second kappa shape index (κ2) is 8.13. The zero-order valence-corrected chi connectivity index (χ0v) is 17.2. The Hall–Kier alpha value is -3.06. The third-order valence-electron chi connectivity index (χ3n) is 4.60. The summed E-state index contributed by atoms with van der Waals surface area (Å²) in [6.07, 6.45) is 0. The average molecular weight is 408 g/mol. The van der Waals surface area contributed by atoms with Crippen molar-refractivity contribution in [2.75, 3.05) is 0 Å². The van der Waals surface area contributed by atoms with E-state index in [0.29, 0.717) is 22.4 Å². The number of aryl methyl sites for hydroxylation is 3. The molecule has 2 heterocycles. The highest BCUT2D eigenvalue weighted by Crippen LogP contribution is 2.27. The Morgan fingerprint density at radius 3 is 2.66 bits per heavy atom. The minimum Gasteiger partial charge on any atom is -0.484 e. The molecule has 0 amide bonds. The first-order valence-electron chi connectivity index (χ1n) is 9.16. The van der Waals surface area contributed by atoms with Gasteiger partial charge in [0.2, 0.25) is 0 Å². The largest absolute Gasteiger partial charge is 0.484 e. The molecule has 6 nitrogen and oxygen atoms in total. The first-order chi connectivity index (χ1) is 14.0. The van der Waals surface area contributed by atoms with Crippen LogP contribution in [-0.4, -0.2) is 10.2 Å². The smallest absolute Gasteiger partial charge is 0.336 e. The SMILES string of the molecule is Cc1cccc(OCc2nnc(SCc3cc(=O)oc4cc(C)c(C)cc34)o2)c1. The Morgan fingerprint density at radius 1 is 1.00 bits per heavy atom. The molecule has 0 saturated heterocycles. The summed E-state index contributed by atoms with van der Waals surface area (Å²) in [5, 5.41) is 9.44.